The van der Waals surface area contributed by atoms with Crippen molar-refractivity contribution in [1.29, 1.82) is 5.26 Å². The number of halogens is 2. The normalized spacial score (nSPS) is 13.2. The number of hydrazine groups is 1. The SMILES string of the molecule is CCOC(=O)NC(=O)C(C#N)N(C)Nc1cc(Cl)c(Oc2ccc3c(c2)CCN(c2cccnc2)C3=O)c(Cl)c1. The van der Waals surface area contributed by atoms with Crippen molar-refractivity contribution in [2.75, 3.05) is 30.5 Å². The molecule has 1 aromatic heterocycles. The molecule has 0 saturated heterocycles. The Balaban J connectivity index is 1.46. The molecule has 0 saturated carbocycles. The van der Waals surface area contributed by atoms with Gasteiger partial charge in [-0.15, -0.1) is 0 Å². The number of carbonyl (C=O) groups excluding carboxylic acids is 3. The molecule has 4 rings (SSSR count). The van der Waals surface area contributed by atoms with E-state index < -0.39 is 18.0 Å². The summed E-state index contributed by atoms with van der Waals surface area (Å²) in [5.41, 5.74) is 5.34. The molecule has 0 aliphatic carbocycles. The summed E-state index contributed by atoms with van der Waals surface area (Å²) in [7, 11) is 1.44. The summed E-state index contributed by atoms with van der Waals surface area (Å²) >= 11 is 12.9. The number of hydrogen-bond acceptors (Lipinski definition) is 9. The predicted octanol–water partition coefficient (Wildman–Crippen LogP) is 4.81. The fraction of sp³-hybridized carbons (Fsp3) is 0.222. The maximum Gasteiger partial charge on any atom is 0.413 e. The first-order valence-electron chi connectivity index (χ1n) is 12.1. The highest BCUT2D eigenvalue weighted by Crippen LogP contribution is 2.40. The third-order valence-electron chi connectivity index (χ3n) is 5.90. The molecule has 2 N–H and O–H groups in total. The van der Waals surface area contributed by atoms with Crippen LogP contribution in [-0.4, -0.2) is 54.1 Å². The molecule has 1 unspecified atom stereocenters. The van der Waals surface area contributed by atoms with Crippen LogP contribution in [0.2, 0.25) is 10.0 Å². The van der Waals surface area contributed by atoms with Gasteiger partial charge in [-0.3, -0.25) is 19.9 Å². The Morgan fingerprint density at radius 1 is 1.23 bits per heavy atom. The maximum absolute atomic E-state index is 13.1. The number of hydrogen-bond donors (Lipinski definition) is 2. The number of likely N-dealkylation sites (N-methyl/N-ethyl adjacent to an activating group) is 1. The van der Waals surface area contributed by atoms with Gasteiger partial charge in [0.25, 0.3) is 11.8 Å². The Bertz CT molecular complexity index is 1460. The number of benzene rings is 2. The second-order valence-electron chi connectivity index (χ2n) is 8.57. The summed E-state index contributed by atoms with van der Waals surface area (Å²) in [5, 5.41) is 12.9. The Morgan fingerprint density at radius 3 is 2.62 bits per heavy atom. The lowest BCUT2D eigenvalue weighted by Crippen LogP contribution is -2.48. The minimum Gasteiger partial charge on any atom is -0.454 e. The lowest BCUT2D eigenvalue weighted by Gasteiger charge is -2.28. The second kappa shape index (κ2) is 12.7. The topological polar surface area (TPSA) is 137 Å². The van der Waals surface area contributed by atoms with E-state index in [-0.39, 0.29) is 28.3 Å². The monoisotopic (exact) mass is 582 g/mol. The lowest BCUT2D eigenvalue weighted by molar-refractivity contribution is -0.123. The van der Waals surface area contributed by atoms with Crippen LogP contribution in [0.15, 0.2) is 54.9 Å². The number of fused-ring (bicyclic) bond motifs is 1. The van der Waals surface area contributed by atoms with E-state index in [1.807, 2.05) is 11.4 Å². The van der Waals surface area contributed by atoms with Crippen molar-refractivity contribution in [2.24, 2.45) is 0 Å². The summed E-state index contributed by atoms with van der Waals surface area (Å²) in [6.45, 7) is 2.16. The maximum atomic E-state index is 13.1. The zero-order valence-corrected chi connectivity index (χ0v) is 23.0. The fourth-order valence-corrected chi connectivity index (χ4v) is 4.62. The minimum absolute atomic E-state index is 0.0736. The summed E-state index contributed by atoms with van der Waals surface area (Å²) in [4.78, 5) is 42.6. The van der Waals surface area contributed by atoms with Gasteiger partial charge in [-0.25, -0.2) is 9.80 Å². The van der Waals surface area contributed by atoms with Gasteiger partial charge < -0.3 is 19.8 Å². The van der Waals surface area contributed by atoms with E-state index in [9.17, 15) is 19.6 Å². The van der Waals surface area contributed by atoms with Gasteiger partial charge in [0.15, 0.2) is 11.8 Å². The van der Waals surface area contributed by atoms with Gasteiger partial charge in [0.2, 0.25) is 0 Å². The van der Waals surface area contributed by atoms with Gasteiger partial charge in [0.05, 0.1) is 40.3 Å². The number of ether oxygens (including phenoxy) is 2. The van der Waals surface area contributed by atoms with Crippen LogP contribution >= 0.6 is 23.2 Å². The second-order valence-corrected chi connectivity index (χ2v) is 9.39. The number of alkyl carbamates (subject to hydrolysis) is 1. The zero-order chi connectivity index (χ0) is 28.8. The molecule has 1 aliphatic rings. The number of rotatable bonds is 8. The first-order chi connectivity index (χ1) is 19.2. The summed E-state index contributed by atoms with van der Waals surface area (Å²) in [6.07, 6.45) is 2.97. The quantitative estimate of drug-likeness (QED) is 0.358. The fourth-order valence-electron chi connectivity index (χ4n) is 4.05. The van der Waals surface area contributed by atoms with E-state index >= 15 is 0 Å². The number of nitrogens with one attached hydrogen (secondary N) is 2. The highest BCUT2D eigenvalue weighted by atomic mass is 35.5. The molecule has 3 aromatic rings. The number of pyridine rings is 1. The number of nitriles is 1. The number of imide groups is 1. The van der Waals surface area contributed by atoms with Crippen LogP contribution < -0.4 is 20.4 Å². The Kier molecular flexibility index (Phi) is 9.06. The average Bonchev–Trinajstić information content (AvgIpc) is 2.92. The molecule has 13 heteroatoms. The van der Waals surface area contributed by atoms with Crippen LogP contribution in [0, 0.1) is 11.3 Å². The van der Waals surface area contributed by atoms with Crippen molar-refractivity contribution in [2.45, 2.75) is 19.4 Å². The highest BCUT2D eigenvalue weighted by Gasteiger charge is 2.27. The average molecular weight is 583 g/mol. The van der Waals surface area contributed by atoms with E-state index in [2.05, 4.69) is 15.1 Å². The minimum atomic E-state index is -1.37. The van der Waals surface area contributed by atoms with Crippen LogP contribution in [-0.2, 0) is 16.0 Å². The third-order valence-corrected chi connectivity index (χ3v) is 6.46. The molecule has 40 heavy (non-hydrogen) atoms. The lowest BCUT2D eigenvalue weighted by atomic mass is 9.98. The summed E-state index contributed by atoms with van der Waals surface area (Å²) < 4.78 is 10.6. The molecular formula is C27H24Cl2N6O5. The van der Waals surface area contributed by atoms with Crippen LogP contribution in [0.5, 0.6) is 11.5 Å². The smallest absolute Gasteiger partial charge is 0.413 e. The number of aromatic nitrogens is 1. The van der Waals surface area contributed by atoms with E-state index in [4.69, 9.17) is 27.9 Å². The molecule has 0 spiro atoms. The first-order valence-corrected chi connectivity index (χ1v) is 12.9. The van der Waals surface area contributed by atoms with Crippen LogP contribution in [0.4, 0.5) is 16.2 Å². The molecule has 0 fully saturated rings. The Labute approximate surface area is 240 Å². The Morgan fingerprint density at radius 2 is 1.98 bits per heavy atom. The van der Waals surface area contributed by atoms with E-state index in [0.29, 0.717) is 30.0 Å². The molecule has 3 amide bonds. The van der Waals surface area contributed by atoms with E-state index in [1.54, 1.807) is 54.6 Å². The van der Waals surface area contributed by atoms with Crippen LogP contribution in [0.3, 0.4) is 0 Å². The first kappa shape index (κ1) is 28.6. The van der Waals surface area contributed by atoms with Gasteiger partial charge in [0, 0.05) is 25.4 Å². The molecule has 1 atom stereocenters. The van der Waals surface area contributed by atoms with Gasteiger partial charge in [-0.2, -0.15) is 5.26 Å². The highest BCUT2D eigenvalue weighted by molar-refractivity contribution is 6.37. The van der Waals surface area contributed by atoms with Crippen molar-refractivity contribution in [3.63, 3.8) is 0 Å². The predicted molar refractivity (Wildman–Crippen MR) is 149 cm³/mol. The van der Waals surface area contributed by atoms with Crippen molar-refractivity contribution in [1.82, 2.24) is 15.3 Å². The van der Waals surface area contributed by atoms with Crippen molar-refractivity contribution >= 4 is 52.5 Å². The number of anilines is 2. The zero-order valence-electron chi connectivity index (χ0n) is 21.5. The van der Waals surface area contributed by atoms with Crippen molar-refractivity contribution in [3.8, 4) is 17.6 Å². The molecular weight excluding hydrogens is 559 g/mol. The Hall–Kier alpha value is -4.37. The van der Waals surface area contributed by atoms with E-state index in [1.165, 1.54) is 24.2 Å². The van der Waals surface area contributed by atoms with Gasteiger partial charge in [0.1, 0.15) is 5.75 Å². The summed E-state index contributed by atoms with van der Waals surface area (Å²) in [6, 6.07) is 12.2. The number of carbonyl (C=O) groups is 3. The largest absolute Gasteiger partial charge is 0.454 e. The molecule has 2 aromatic carbocycles. The van der Waals surface area contributed by atoms with E-state index in [0.717, 1.165) is 11.3 Å². The van der Waals surface area contributed by atoms with Gasteiger partial charge >= 0.3 is 6.09 Å². The van der Waals surface area contributed by atoms with Crippen LogP contribution in [0.25, 0.3) is 0 Å². The molecule has 0 radical (unpaired) electrons. The number of nitrogens with zero attached hydrogens (tertiary/aromatic N) is 4. The van der Waals surface area contributed by atoms with Gasteiger partial charge in [-0.1, -0.05) is 23.2 Å². The summed E-state index contributed by atoms with van der Waals surface area (Å²) in [5.74, 6) is -0.360. The van der Waals surface area contributed by atoms with Crippen LogP contribution in [0.1, 0.15) is 22.8 Å². The van der Waals surface area contributed by atoms with Gasteiger partial charge in [-0.05, 0) is 61.4 Å². The third kappa shape index (κ3) is 6.43. The molecule has 11 nitrogen and oxygen atoms in total. The molecule has 206 valence electrons. The molecule has 2 heterocycles. The standard InChI is InChI=1S/C27H24Cl2N6O5/c1-3-39-27(38)32-25(36)23(14-30)34(2)33-17-12-21(28)24(22(29)13-17)40-19-6-7-20-16(11-19)8-10-35(26(20)37)18-5-4-9-31-15-18/h4-7,9,11-13,15,23,33H,3,8,10H2,1-2H3,(H,32,36,38). The molecule has 1 aliphatic heterocycles. The van der Waals surface area contributed by atoms with Crippen molar-refractivity contribution < 1.29 is 23.9 Å². The van der Waals surface area contributed by atoms with Crippen molar-refractivity contribution in [3.05, 3.63) is 76.0 Å². The number of amides is 3. The molecule has 0 bridgehead atoms.